The van der Waals surface area contributed by atoms with Gasteiger partial charge in [0.1, 0.15) is 6.10 Å². The summed E-state index contributed by atoms with van der Waals surface area (Å²) in [7, 11) is 0. The zero-order chi connectivity index (χ0) is 16.6. The molecule has 0 bridgehead atoms. The topological polar surface area (TPSA) is 72.9 Å². The first kappa shape index (κ1) is 16.7. The van der Waals surface area contributed by atoms with E-state index in [1.807, 2.05) is 4.90 Å². The van der Waals surface area contributed by atoms with Crippen LogP contribution in [0, 0.1) is 5.92 Å². The normalized spacial score (nSPS) is 28.4. The lowest BCUT2D eigenvalue weighted by atomic mass is 9.90. The Morgan fingerprint density at radius 2 is 1.78 bits per heavy atom. The van der Waals surface area contributed by atoms with Crippen LogP contribution in [0.1, 0.15) is 46.0 Å². The summed E-state index contributed by atoms with van der Waals surface area (Å²) < 4.78 is 0. The molecular formula is C17H29N3O3. The number of carbonyl (C=O) groups excluding carboxylic acids is 2. The zero-order valence-corrected chi connectivity index (χ0v) is 14.2. The second kappa shape index (κ2) is 6.77. The number of aliphatic hydroxyl groups excluding tert-OH is 1. The Balaban J connectivity index is 1.48. The molecule has 1 aliphatic carbocycles. The first-order chi connectivity index (χ1) is 11.0. The lowest BCUT2D eigenvalue weighted by Crippen LogP contribution is -2.50. The summed E-state index contributed by atoms with van der Waals surface area (Å²) in [6.45, 7) is 6.54. The Hall–Kier alpha value is -1.14. The smallest absolute Gasteiger partial charge is 0.249 e. The quantitative estimate of drug-likeness (QED) is 0.766. The maximum Gasteiger partial charge on any atom is 0.249 e. The first-order valence-corrected chi connectivity index (χ1v) is 9.00. The Labute approximate surface area is 138 Å². The molecule has 130 valence electrons. The Bertz CT molecular complexity index is 456. The molecule has 0 aromatic heterocycles. The van der Waals surface area contributed by atoms with E-state index in [2.05, 4.69) is 24.1 Å². The van der Waals surface area contributed by atoms with Gasteiger partial charge in [-0.05, 0) is 65.0 Å². The van der Waals surface area contributed by atoms with Crippen LogP contribution >= 0.6 is 0 Å². The molecular weight excluding hydrogens is 294 g/mol. The summed E-state index contributed by atoms with van der Waals surface area (Å²) in [5.74, 6) is 0.0436. The Morgan fingerprint density at radius 1 is 1.13 bits per heavy atom. The van der Waals surface area contributed by atoms with Gasteiger partial charge in [-0.15, -0.1) is 0 Å². The predicted octanol–water partition coefficient (Wildman–Crippen LogP) is 0.347. The van der Waals surface area contributed by atoms with Crippen molar-refractivity contribution in [3.8, 4) is 0 Å². The van der Waals surface area contributed by atoms with E-state index in [1.165, 1.54) is 0 Å². The highest BCUT2D eigenvalue weighted by Crippen LogP contribution is 2.27. The van der Waals surface area contributed by atoms with Gasteiger partial charge in [0.2, 0.25) is 11.8 Å². The lowest BCUT2D eigenvalue weighted by Gasteiger charge is -2.36. The zero-order valence-electron chi connectivity index (χ0n) is 14.2. The van der Waals surface area contributed by atoms with E-state index in [1.54, 1.807) is 0 Å². The second-order valence-electron chi connectivity index (χ2n) is 7.53. The number of nitrogens with one attached hydrogen (secondary N) is 1. The molecule has 2 saturated heterocycles. The molecule has 0 radical (unpaired) electrons. The minimum Gasteiger partial charge on any atom is -0.383 e. The van der Waals surface area contributed by atoms with Gasteiger partial charge >= 0.3 is 0 Å². The number of rotatable bonds is 5. The van der Waals surface area contributed by atoms with Gasteiger partial charge in [0.05, 0.1) is 6.04 Å². The van der Waals surface area contributed by atoms with E-state index in [4.69, 9.17) is 0 Å². The van der Waals surface area contributed by atoms with Gasteiger partial charge in [0, 0.05) is 18.6 Å². The predicted molar refractivity (Wildman–Crippen MR) is 86.7 cm³/mol. The van der Waals surface area contributed by atoms with Crippen LogP contribution in [0.5, 0.6) is 0 Å². The van der Waals surface area contributed by atoms with Crippen molar-refractivity contribution in [2.75, 3.05) is 19.6 Å². The summed E-state index contributed by atoms with van der Waals surface area (Å²) in [4.78, 5) is 28.6. The highest BCUT2D eigenvalue weighted by atomic mass is 16.3. The minimum atomic E-state index is -0.899. The molecule has 6 heteroatoms. The monoisotopic (exact) mass is 323 g/mol. The van der Waals surface area contributed by atoms with E-state index >= 15 is 0 Å². The van der Waals surface area contributed by atoms with Gasteiger partial charge in [-0.3, -0.25) is 14.5 Å². The molecule has 0 aromatic rings. The van der Waals surface area contributed by atoms with Crippen molar-refractivity contribution in [2.24, 2.45) is 5.92 Å². The van der Waals surface area contributed by atoms with Gasteiger partial charge in [-0.1, -0.05) is 0 Å². The number of hydrogen-bond donors (Lipinski definition) is 2. The molecule has 6 nitrogen and oxygen atoms in total. The molecule has 2 N–H and O–H groups in total. The van der Waals surface area contributed by atoms with Crippen LogP contribution in [-0.4, -0.2) is 70.6 Å². The number of hydrogen-bond acceptors (Lipinski definition) is 4. The average Bonchev–Trinajstić information content (AvgIpc) is 3.26. The van der Waals surface area contributed by atoms with Crippen molar-refractivity contribution in [1.82, 2.24) is 15.1 Å². The summed E-state index contributed by atoms with van der Waals surface area (Å²) >= 11 is 0. The summed E-state index contributed by atoms with van der Waals surface area (Å²) in [6.07, 6.45) is 3.63. The summed E-state index contributed by atoms with van der Waals surface area (Å²) in [5.41, 5.74) is 0. The van der Waals surface area contributed by atoms with Crippen LogP contribution in [0.4, 0.5) is 0 Å². The van der Waals surface area contributed by atoms with Gasteiger partial charge in [-0.25, -0.2) is 0 Å². The highest BCUT2D eigenvalue weighted by molar-refractivity contribution is 5.84. The van der Waals surface area contributed by atoms with Crippen molar-refractivity contribution < 1.29 is 14.7 Å². The number of nitrogens with zero attached hydrogens (tertiary/aromatic N) is 2. The summed E-state index contributed by atoms with van der Waals surface area (Å²) in [6, 6.07) is 0.545. The third-order valence-corrected chi connectivity index (χ3v) is 5.49. The molecule has 2 amide bonds. The number of aliphatic hydroxyl groups is 1. The average molecular weight is 323 g/mol. The Morgan fingerprint density at radius 3 is 2.30 bits per heavy atom. The van der Waals surface area contributed by atoms with Crippen molar-refractivity contribution in [3.05, 3.63) is 0 Å². The molecule has 2 atom stereocenters. The van der Waals surface area contributed by atoms with E-state index in [9.17, 15) is 14.7 Å². The van der Waals surface area contributed by atoms with Gasteiger partial charge in [-0.2, -0.15) is 0 Å². The van der Waals surface area contributed by atoms with Crippen LogP contribution in [0.3, 0.4) is 0 Å². The lowest BCUT2D eigenvalue weighted by molar-refractivity contribution is -0.136. The summed E-state index contributed by atoms with van der Waals surface area (Å²) in [5, 5.41) is 13.1. The number of piperidine rings is 1. The largest absolute Gasteiger partial charge is 0.383 e. The minimum absolute atomic E-state index is 0.00390. The third-order valence-electron chi connectivity index (χ3n) is 5.49. The molecule has 0 unspecified atom stereocenters. The fourth-order valence-electron chi connectivity index (χ4n) is 3.81. The van der Waals surface area contributed by atoms with Crippen LogP contribution in [0.2, 0.25) is 0 Å². The van der Waals surface area contributed by atoms with Crippen LogP contribution < -0.4 is 5.32 Å². The maximum atomic E-state index is 12.5. The SMILES string of the molecule is CC(C)N1CC[C@H](N2CCC([C@H](O)C(=O)NC3CC3)CC2)C1=O. The fraction of sp³-hybridized carbons (Fsp3) is 0.882. The van der Waals surface area contributed by atoms with E-state index < -0.39 is 6.10 Å². The second-order valence-corrected chi connectivity index (χ2v) is 7.53. The fourth-order valence-corrected chi connectivity index (χ4v) is 3.81. The number of amides is 2. The number of likely N-dealkylation sites (tertiary alicyclic amines) is 2. The molecule has 3 rings (SSSR count). The molecule has 2 heterocycles. The molecule has 0 spiro atoms. The van der Waals surface area contributed by atoms with Gasteiger partial charge in [0.25, 0.3) is 0 Å². The van der Waals surface area contributed by atoms with Gasteiger partial charge < -0.3 is 15.3 Å². The third kappa shape index (κ3) is 3.69. The molecule has 0 aromatic carbocycles. The maximum absolute atomic E-state index is 12.5. The molecule has 23 heavy (non-hydrogen) atoms. The van der Waals surface area contributed by atoms with E-state index in [-0.39, 0.29) is 35.9 Å². The molecule has 3 aliphatic rings. The highest BCUT2D eigenvalue weighted by Gasteiger charge is 2.40. The van der Waals surface area contributed by atoms with Crippen molar-refractivity contribution in [1.29, 1.82) is 0 Å². The van der Waals surface area contributed by atoms with Crippen molar-refractivity contribution >= 4 is 11.8 Å². The molecule has 3 fully saturated rings. The van der Waals surface area contributed by atoms with Crippen LogP contribution in [0.25, 0.3) is 0 Å². The van der Waals surface area contributed by atoms with E-state index in [0.29, 0.717) is 0 Å². The van der Waals surface area contributed by atoms with Crippen LogP contribution in [0.15, 0.2) is 0 Å². The molecule has 1 saturated carbocycles. The molecule has 2 aliphatic heterocycles. The number of carbonyl (C=O) groups is 2. The van der Waals surface area contributed by atoms with Crippen molar-refractivity contribution in [2.45, 2.75) is 70.2 Å². The standard InChI is InChI=1S/C17H29N3O3/c1-11(2)20-10-7-14(17(20)23)19-8-5-12(6-9-19)15(21)16(22)18-13-3-4-13/h11-15,21H,3-10H2,1-2H3,(H,18,22)/t14-,15-/m0/s1. The Kier molecular flexibility index (Phi) is 4.92. The van der Waals surface area contributed by atoms with Crippen molar-refractivity contribution in [3.63, 3.8) is 0 Å². The van der Waals surface area contributed by atoms with Crippen LogP contribution in [-0.2, 0) is 9.59 Å². The first-order valence-electron chi connectivity index (χ1n) is 9.00. The van der Waals surface area contributed by atoms with E-state index in [0.717, 1.165) is 51.7 Å². The van der Waals surface area contributed by atoms with Gasteiger partial charge in [0.15, 0.2) is 0 Å².